The molecule has 214 valence electrons. The van der Waals surface area contributed by atoms with E-state index in [0.717, 1.165) is 29.5 Å². The quantitative estimate of drug-likeness (QED) is 0.295. The maximum atomic E-state index is 13.6. The summed E-state index contributed by atoms with van der Waals surface area (Å²) in [6.07, 6.45) is -2.52. The summed E-state index contributed by atoms with van der Waals surface area (Å²) in [4.78, 5) is 13.8. The van der Waals surface area contributed by atoms with E-state index in [2.05, 4.69) is 18.7 Å². The van der Waals surface area contributed by atoms with Crippen LogP contribution in [0, 0.1) is 0 Å². The van der Waals surface area contributed by atoms with Crippen LogP contribution in [0.1, 0.15) is 31.2 Å². The van der Waals surface area contributed by atoms with Crippen molar-refractivity contribution < 1.29 is 37.3 Å². The lowest BCUT2D eigenvalue weighted by atomic mass is 9.99. The average Bonchev–Trinajstić information content (AvgIpc) is 2.95. The molecule has 0 aliphatic carbocycles. The Labute approximate surface area is 234 Å². The Morgan fingerprint density at radius 1 is 0.950 bits per heavy atom. The number of fused-ring (bicyclic) bond motifs is 1. The zero-order valence-corrected chi connectivity index (χ0v) is 23.6. The van der Waals surface area contributed by atoms with Crippen molar-refractivity contribution in [3.05, 3.63) is 77.9 Å². The van der Waals surface area contributed by atoms with Crippen LogP contribution in [0.15, 0.2) is 71.6 Å². The largest absolute Gasteiger partial charge is 0.507 e. The molecule has 11 heteroatoms. The second kappa shape index (κ2) is 13.0. The molecule has 1 N–H and O–H groups in total. The molecule has 1 atom stereocenters. The Hall–Kier alpha value is -3.80. The molecule has 0 aromatic heterocycles. The fraction of sp³-hybridized carbons (Fsp3) is 0.345. The first-order valence-electron chi connectivity index (χ1n) is 13.1. The molecule has 1 heterocycles. The summed E-state index contributed by atoms with van der Waals surface area (Å²) in [5, 5.41) is 9.43. The van der Waals surface area contributed by atoms with E-state index in [-0.39, 0.29) is 11.4 Å². The number of sulfonamides is 1. The molecule has 40 heavy (non-hydrogen) atoms. The first-order chi connectivity index (χ1) is 19.2. The number of nitrogens with zero attached hydrogens (tertiary/aromatic N) is 2. The molecule has 1 aliphatic rings. The van der Waals surface area contributed by atoms with Crippen LogP contribution in [0.3, 0.4) is 0 Å². The highest BCUT2D eigenvalue weighted by Gasteiger charge is 2.39. The Kier molecular flexibility index (Phi) is 9.51. The van der Waals surface area contributed by atoms with Gasteiger partial charge in [-0.3, -0.25) is 0 Å². The molecular formula is C29H34N2O8S. The van der Waals surface area contributed by atoms with E-state index >= 15 is 0 Å². The monoisotopic (exact) mass is 570 g/mol. The van der Waals surface area contributed by atoms with E-state index in [1.807, 2.05) is 6.07 Å². The highest BCUT2D eigenvalue weighted by atomic mass is 32.2. The minimum atomic E-state index is -4.10. The van der Waals surface area contributed by atoms with Gasteiger partial charge < -0.3 is 29.0 Å². The van der Waals surface area contributed by atoms with E-state index in [1.54, 1.807) is 55.6 Å². The number of methoxy groups -OCH3 is 1. The summed E-state index contributed by atoms with van der Waals surface area (Å²) in [7, 11) is -2.53. The van der Waals surface area contributed by atoms with Crippen LogP contribution < -0.4 is 14.2 Å². The van der Waals surface area contributed by atoms with Crippen molar-refractivity contribution in [2.24, 2.45) is 0 Å². The Morgan fingerprint density at radius 3 is 2.15 bits per heavy atom. The fourth-order valence-electron chi connectivity index (χ4n) is 4.52. The topological polar surface area (TPSA) is 115 Å². The predicted molar refractivity (Wildman–Crippen MR) is 149 cm³/mol. The molecule has 1 aliphatic heterocycles. The van der Waals surface area contributed by atoms with Gasteiger partial charge in [-0.2, -0.15) is 4.31 Å². The molecule has 4 rings (SSSR count). The molecular weight excluding hydrogens is 536 g/mol. The van der Waals surface area contributed by atoms with Gasteiger partial charge in [-0.25, -0.2) is 13.2 Å². The van der Waals surface area contributed by atoms with Crippen LogP contribution in [0.25, 0.3) is 0 Å². The molecule has 0 saturated heterocycles. The maximum absolute atomic E-state index is 13.6. The Morgan fingerprint density at radius 2 is 1.55 bits per heavy atom. The smallest absolute Gasteiger partial charge is 0.497 e. The molecule has 0 radical (unpaired) electrons. The lowest BCUT2D eigenvalue weighted by molar-refractivity contribution is -0.00579. The summed E-state index contributed by atoms with van der Waals surface area (Å²) in [6, 6.07) is 18.1. The molecule has 0 spiro atoms. The molecule has 1 unspecified atom stereocenters. The molecule has 0 bridgehead atoms. The molecule has 0 amide bonds. The third-order valence-electron chi connectivity index (χ3n) is 6.75. The Bertz CT molecular complexity index is 1390. The summed E-state index contributed by atoms with van der Waals surface area (Å²) in [5.74, 6) is 2.34. The second-order valence-corrected chi connectivity index (χ2v) is 11.0. The van der Waals surface area contributed by atoms with E-state index in [4.69, 9.17) is 18.9 Å². The van der Waals surface area contributed by atoms with Gasteiger partial charge in [0.2, 0.25) is 10.0 Å². The number of hydrogen-bond donors (Lipinski definition) is 1. The summed E-state index contributed by atoms with van der Waals surface area (Å²) >= 11 is 0. The van der Waals surface area contributed by atoms with Gasteiger partial charge >= 0.3 is 6.16 Å². The van der Waals surface area contributed by atoms with Crippen LogP contribution in [-0.2, 0) is 21.2 Å². The highest BCUT2D eigenvalue weighted by molar-refractivity contribution is 7.89. The lowest BCUT2D eigenvalue weighted by Gasteiger charge is -2.35. The Balaban J connectivity index is 1.51. The van der Waals surface area contributed by atoms with E-state index in [1.165, 1.54) is 12.1 Å². The first-order valence-corrected chi connectivity index (χ1v) is 14.5. The van der Waals surface area contributed by atoms with Crippen LogP contribution in [0.4, 0.5) is 4.79 Å². The maximum Gasteiger partial charge on any atom is 0.507 e. The van der Waals surface area contributed by atoms with Crippen molar-refractivity contribution in [1.29, 1.82) is 0 Å². The van der Waals surface area contributed by atoms with Gasteiger partial charge in [-0.1, -0.05) is 13.8 Å². The van der Waals surface area contributed by atoms with Gasteiger partial charge in [0.05, 0.1) is 12.0 Å². The number of carboxylic acid groups (broad SMARTS) is 1. The summed E-state index contributed by atoms with van der Waals surface area (Å²) in [6.45, 7) is 7.38. The number of carbonyl (C=O) groups is 1. The van der Waals surface area contributed by atoms with E-state index in [0.29, 0.717) is 41.6 Å². The minimum Gasteiger partial charge on any atom is -0.497 e. The standard InChI is InChI=1S/C29H34N2O8S/c1-4-30(5-2)18-19-37-25-12-15-27-21(20-25)16-17-31(28(27)39-29(32)33)40(34,35)26-13-10-24(11-14-26)38-23-8-6-22(36-3)7-9-23/h6-15,20,28H,4-5,16-19H2,1-3H3,(H,32,33). The normalized spacial score (nSPS) is 15.3. The summed E-state index contributed by atoms with van der Waals surface area (Å²) in [5.41, 5.74) is 1.24. The van der Waals surface area contributed by atoms with Crippen molar-refractivity contribution >= 4 is 16.2 Å². The van der Waals surface area contributed by atoms with Gasteiger partial charge in [0.15, 0.2) is 6.23 Å². The first kappa shape index (κ1) is 29.2. The van der Waals surface area contributed by atoms with Gasteiger partial charge in [0.25, 0.3) is 0 Å². The molecule has 10 nitrogen and oxygen atoms in total. The van der Waals surface area contributed by atoms with Crippen molar-refractivity contribution in [2.75, 3.05) is 39.9 Å². The second-order valence-electron chi connectivity index (χ2n) is 9.09. The third kappa shape index (κ3) is 6.85. The molecule has 3 aromatic carbocycles. The van der Waals surface area contributed by atoms with Crippen molar-refractivity contribution in [3.8, 4) is 23.0 Å². The molecule has 3 aromatic rings. The molecule has 0 fully saturated rings. The van der Waals surface area contributed by atoms with Crippen LogP contribution in [0.5, 0.6) is 23.0 Å². The zero-order chi connectivity index (χ0) is 28.7. The highest BCUT2D eigenvalue weighted by Crippen LogP contribution is 2.37. The number of hydrogen-bond acceptors (Lipinski definition) is 8. The van der Waals surface area contributed by atoms with Crippen molar-refractivity contribution in [1.82, 2.24) is 9.21 Å². The van der Waals surface area contributed by atoms with Gasteiger partial charge in [-0.05, 0) is 91.8 Å². The number of benzene rings is 3. The number of rotatable bonds is 12. The minimum absolute atomic E-state index is 0.00613. The average molecular weight is 571 g/mol. The van der Waals surface area contributed by atoms with Crippen molar-refractivity contribution in [2.45, 2.75) is 31.4 Å². The van der Waals surface area contributed by atoms with Crippen LogP contribution >= 0.6 is 0 Å². The van der Waals surface area contributed by atoms with E-state index in [9.17, 15) is 18.3 Å². The molecule has 0 saturated carbocycles. The van der Waals surface area contributed by atoms with Gasteiger partial charge in [-0.15, -0.1) is 0 Å². The number of ether oxygens (including phenoxy) is 4. The third-order valence-corrected chi connectivity index (χ3v) is 8.61. The van der Waals surface area contributed by atoms with Crippen molar-refractivity contribution in [3.63, 3.8) is 0 Å². The van der Waals surface area contributed by atoms with Crippen LogP contribution in [0.2, 0.25) is 0 Å². The predicted octanol–water partition coefficient (Wildman–Crippen LogP) is 5.15. The number of likely N-dealkylation sites (N-methyl/N-ethyl adjacent to an activating group) is 1. The lowest BCUT2D eigenvalue weighted by Crippen LogP contribution is -2.41. The zero-order valence-electron chi connectivity index (χ0n) is 22.8. The van der Waals surface area contributed by atoms with Gasteiger partial charge in [0, 0.05) is 18.7 Å². The van der Waals surface area contributed by atoms with E-state index < -0.39 is 22.4 Å². The summed E-state index contributed by atoms with van der Waals surface area (Å²) < 4.78 is 50.3. The fourth-order valence-corrected chi connectivity index (χ4v) is 6.01. The SMILES string of the molecule is CCN(CC)CCOc1ccc2c(c1)CCN(S(=O)(=O)c1ccc(Oc3ccc(OC)cc3)cc1)C2OC(=O)O. The van der Waals surface area contributed by atoms with Gasteiger partial charge in [0.1, 0.15) is 29.6 Å². The van der Waals surface area contributed by atoms with Crippen LogP contribution in [-0.4, -0.2) is 68.8 Å².